The van der Waals surface area contributed by atoms with E-state index in [0.717, 1.165) is 18.8 Å². The molecule has 1 aliphatic heterocycles. The second kappa shape index (κ2) is 4.46. The maximum absolute atomic E-state index is 13.2. The van der Waals surface area contributed by atoms with Crippen LogP contribution in [0.4, 0.5) is 10.1 Å². The average molecular weight is 257 g/mol. The monoisotopic (exact) mass is 256 g/mol. The molecule has 1 aliphatic rings. The van der Waals surface area contributed by atoms with Crippen molar-refractivity contribution in [2.45, 2.75) is 32.4 Å². The van der Waals surface area contributed by atoms with E-state index in [1.807, 2.05) is 0 Å². The van der Waals surface area contributed by atoms with Crippen LogP contribution in [0.25, 0.3) is 0 Å². The number of piperazine rings is 1. The van der Waals surface area contributed by atoms with Crippen LogP contribution < -0.4 is 10.2 Å². The minimum Gasteiger partial charge on any atom is -0.361 e. The van der Waals surface area contributed by atoms with Crippen LogP contribution in [0.1, 0.15) is 20.8 Å². The van der Waals surface area contributed by atoms with Crippen LogP contribution in [-0.4, -0.2) is 24.7 Å². The van der Waals surface area contributed by atoms with E-state index in [1.165, 1.54) is 6.07 Å². The molecule has 0 spiro atoms. The number of hydrogen-bond donors (Lipinski definition) is 1. The molecule has 0 saturated carbocycles. The normalized spacial score (nSPS) is 23.8. The summed E-state index contributed by atoms with van der Waals surface area (Å²) < 4.78 is 13.2. The van der Waals surface area contributed by atoms with Crippen molar-refractivity contribution in [3.63, 3.8) is 0 Å². The van der Waals surface area contributed by atoms with E-state index in [-0.39, 0.29) is 16.4 Å². The Morgan fingerprint density at radius 2 is 2.18 bits per heavy atom. The zero-order valence-electron chi connectivity index (χ0n) is 10.4. The molecule has 0 radical (unpaired) electrons. The quantitative estimate of drug-likeness (QED) is 0.831. The first-order valence-electron chi connectivity index (χ1n) is 5.87. The van der Waals surface area contributed by atoms with E-state index in [9.17, 15) is 4.39 Å². The topological polar surface area (TPSA) is 15.3 Å². The summed E-state index contributed by atoms with van der Waals surface area (Å²) >= 11 is 5.86. The van der Waals surface area contributed by atoms with Crippen LogP contribution in [0.5, 0.6) is 0 Å². The molecule has 1 fully saturated rings. The molecule has 1 aromatic rings. The fourth-order valence-corrected chi connectivity index (χ4v) is 2.77. The van der Waals surface area contributed by atoms with Gasteiger partial charge in [-0.1, -0.05) is 11.6 Å². The number of nitrogens with zero attached hydrogens (tertiary/aromatic N) is 1. The number of rotatable bonds is 1. The molecule has 2 nitrogen and oxygen atoms in total. The van der Waals surface area contributed by atoms with Gasteiger partial charge in [-0.05, 0) is 39.0 Å². The number of nitrogens with one attached hydrogen (secondary N) is 1. The molecular formula is C13H18ClFN2. The molecule has 0 aliphatic carbocycles. The lowest BCUT2D eigenvalue weighted by Crippen LogP contribution is -2.62. The third kappa shape index (κ3) is 2.40. The lowest BCUT2D eigenvalue weighted by atomic mass is 9.95. The van der Waals surface area contributed by atoms with Crippen LogP contribution in [0, 0.1) is 5.82 Å². The largest absolute Gasteiger partial charge is 0.361 e. The van der Waals surface area contributed by atoms with E-state index in [1.54, 1.807) is 12.1 Å². The van der Waals surface area contributed by atoms with Gasteiger partial charge >= 0.3 is 0 Å². The van der Waals surface area contributed by atoms with Crippen molar-refractivity contribution in [2.75, 3.05) is 18.0 Å². The van der Waals surface area contributed by atoms with Gasteiger partial charge in [-0.25, -0.2) is 4.39 Å². The Labute approximate surface area is 107 Å². The highest BCUT2D eigenvalue weighted by molar-refractivity contribution is 6.31. The molecule has 0 bridgehead atoms. The summed E-state index contributed by atoms with van der Waals surface area (Å²) in [6, 6.07) is 5.30. The highest BCUT2D eigenvalue weighted by Crippen LogP contribution is 2.31. The van der Waals surface area contributed by atoms with Crippen molar-refractivity contribution < 1.29 is 4.39 Å². The summed E-state index contributed by atoms with van der Waals surface area (Å²) in [6.07, 6.45) is 0. The van der Waals surface area contributed by atoms with Crippen molar-refractivity contribution in [2.24, 2.45) is 0 Å². The molecule has 0 amide bonds. The summed E-state index contributed by atoms with van der Waals surface area (Å²) in [5.41, 5.74) is 0.981. The smallest absolute Gasteiger partial charge is 0.141 e. The number of halogens is 2. The van der Waals surface area contributed by atoms with Crippen molar-refractivity contribution >= 4 is 17.3 Å². The predicted molar refractivity (Wildman–Crippen MR) is 70.3 cm³/mol. The number of hydrogen-bond acceptors (Lipinski definition) is 2. The molecule has 1 unspecified atom stereocenters. The summed E-state index contributed by atoms with van der Waals surface area (Å²) in [4.78, 5) is 2.30. The van der Waals surface area contributed by atoms with E-state index in [4.69, 9.17) is 11.6 Å². The van der Waals surface area contributed by atoms with Gasteiger partial charge < -0.3 is 10.2 Å². The average Bonchev–Trinajstić information content (AvgIpc) is 2.22. The molecule has 1 N–H and O–H groups in total. The zero-order valence-corrected chi connectivity index (χ0v) is 11.2. The molecule has 1 atom stereocenters. The molecule has 0 aromatic heterocycles. The van der Waals surface area contributed by atoms with Gasteiger partial charge in [0.05, 0.1) is 5.02 Å². The van der Waals surface area contributed by atoms with E-state index < -0.39 is 0 Å². The molecule has 1 heterocycles. The molecular weight excluding hydrogens is 239 g/mol. The Balaban J connectivity index is 2.38. The molecule has 2 rings (SSSR count). The van der Waals surface area contributed by atoms with Crippen molar-refractivity contribution in [3.8, 4) is 0 Å². The summed E-state index contributed by atoms with van der Waals surface area (Å²) in [5.74, 6) is -0.365. The van der Waals surface area contributed by atoms with Gasteiger partial charge in [-0.2, -0.15) is 0 Å². The highest BCUT2D eigenvalue weighted by atomic mass is 35.5. The van der Waals surface area contributed by atoms with E-state index in [0.29, 0.717) is 6.04 Å². The molecule has 1 aromatic carbocycles. The van der Waals surface area contributed by atoms with Gasteiger partial charge in [-0.3, -0.25) is 0 Å². The Bertz CT molecular complexity index is 420. The fraction of sp³-hybridized carbons (Fsp3) is 0.538. The second-order valence-electron chi connectivity index (χ2n) is 5.26. The van der Waals surface area contributed by atoms with Gasteiger partial charge in [-0.15, -0.1) is 0 Å². The molecule has 94 valence electrons. The van der Waals surface area contributed by atoms with Gasteiger partial charge in [0.25, 0.3) is 0 Å². The summed E-state index contributed by atoms with van der Waals surface area (Å²) in [7, 11) is 0. The van der Waals surface area contributed by atoms with Gasteiger partial charge in [0.2, 0.25) is 0 Å². The van der Waals surface area contributed by atoms with Crippen molar-refractivity contribution in [1.29, 1.82) is 0 Å². The van der Waals surface area contributed by atoms with Crippen LogP contribution in [0.3, 0.4) is 0 Å². The minimum absolute atomic E-state index is 0.00117. The van der Waals surface area contributed by atoms with Gasteiger partial charge in [0, 0.05) is 30.4 Å². The molecule has 4 heteroatoms. The van der Waals surface area contributed by atoms with Crippen molar-refractivity contribution in [3.05, 3.63) is 29.0 Å². The van der Waals surface area contributed by atoms with Crippen LogP contribution >= 0.6 is 11.6 Å². The Morgan fingerprint density at radius 1 is 1.47 bits per heavy atom. The van der Waals surface area contributed by atoms with E-state index in [2.05, 4.69) is 31.0 Å². The summed E-state index contributed by atoms with van der Waals surface area (Å²) in [5, 5.41) is 3.59. The van der Waals surface area contributed by atoms with Gasteiger partial charge in [0.1, 0.15) is 5.82 Å². The Hall–Kier alpha value is -0.800. The molecule has 17 heavy (non-hydrogen) atoms. The van der Waals surface area contributed by atoms with Crippen molar-refractivity contribution in [1.82, 2.24) is 5.32 Å². The minimum atomic E-state index is -0.365. The first kappa shape index (κ1) is 12.7. The maximum atomic E-state index is 13.2. The number of benzene rings is 1. The third-order valence-corrected chi connectivity index (χ3v) is 3.56. The standard InChI is InChI=1S/C13H18ClFN2/c1-9-7-16-8-13(2,3)17(9)10-4-5-12(15)11(14)6-10/h4-6,9,16H,7-8H2,1-3H3. The lowest BCUT2D eigenvalue weighted by Gasteiger charge is -2.48. The predicted octanol–water partition coefficient (Wildman–Crippen LogP) is 3.06. The highest BCUT2D eigenvalue weighted by Gasteiger charge is 2.34. The zero-order chi connectivity index (χ0) is 12.6. The first-order chi connectivity index (χ1) is 7.92. The summed E-state index contributed by atoms with van der Waals surface area (Å²) in [6.45, 7) is 8.34. The SMILES string of the molecule is CC1CNCC(C)(C)N1c1ccc(F)c(Cl)c1. The van der Waals surface area contributed by atoms with Gasteiger partial charge in [0.15, 0.2) is 0 Å². The first-order valence-corrected chi connectivity index (χ1v) is 6.25. The van der Waals surface area contributed by atoms with E-state index >= 15 is 0 Å². The second-order valence-corrected chi connectivity index (χ2v) is 5.67. The third-order valence-electron chi connectivity index (χ3n) is 3.27. The van der Waals surface area contributed by atoms with Crippen LogP contribution in [0.2, 0.25) is 5.02 Å². The maximum Gasteiger partial charge on any atom is 0.141 e. The lowest BCUT2D eigenvalue weighted by molar-refractivity contribution is 0.333. The Kier molecular flexibility index (Phi) is 3.32. The fourth-order valence-electron chi connectivity index (χ4n) is 2.60. The number of anilines is 1. The van der Waals surface area contributed by atoms with Crippen LogP contribution in [0.15, 0.2) is 18.2 Å². The Morgan fingerprint density at radius 3 is 2.76 bits per heavy atom. The molecule has 1 saturated heterocycles. The van der Waals surface area contributed by atoms with Crippen LogP contribution in [-0.2, 0) is 0 Å².